The summed E-state index contributed by atoms with van der Waals surface area (Å²) in [6, 6.07) is 3.62. The van der Waals surface area contributed by atoms with Crippen LogP contribution in [0.15, 0.2) is 23.6 Å². The molecule has 1 unspecified atom stereocenters. The van der Waals surface area contributed by atoms with E-state index in [2.05, 4.69) is 9.88 Å². The Hall–Kier alpha value is -1.32. The molecule has 0 bridgehead atoms. The number of amides is 1. The summed E-state index contributed by atoms with van der Waals surface area (Å²) in [6.07, 6.45) is 1.39. The fourth-order valence-electron chi connectivity index (χ4n) is 3.49. The van der Waals surface area contributed by atoms with Gasteiger partial charge in [0.05, 0.1) is 5.01 Å². The van der Waals surface area contributed by atoms with Crippen LogP contribution in [0.3, 0.4) is 0 Å². The van der Waals surface area contributed by atoms with E-state index in [1.54, 1.807) is 10.3 Å². The molecule has 5 nitrogen and oxygen atoms in total. The minimum atomic E-state index is -0.571. The molecule has 1 amide bonds. The Kier molecular flexibility index (Phi) is 10.4. The lowest BCUT2D eigenvalue weighted by atomic mass is 10.0. The third kappa shape index (κ3) is 6.08. The van der Waals surface area contributed by atoms with Crippen molar-refractivity contribution in [2.45, 2.75) is 25.8 Å². The van der Waals surface area contributed by atoms with Gasteiger partial charge in [-0.1, -0.05) is 13.0 Å². The highest BCUT2D eigenvalue weighted by Gasteiger charge is 2.28. The first-order chi connectivity index (χ1) is 13.0. The van der Waals surface area contributed by atoms with Gasteiger partial charge in [0, 0.05) is 55.7 Å². The van der Waals surface area contributed by atoms with E-state index >= 15 is 0 Å². The van der Waals surface area contributed by atoms with Crippen LogP contribution in [-0.2, 0) is 6.42 Å². The van der Waals surface area contributed by atoms with Crippen molar-refractivity contribution in [3.8, 4) is 0 Å². The van der Waals surface area contributed by atoms with E-state index in [9.17, 15) is 13.6 Å². The van der Waals surface area contributed by atoms with Crippen molar-refractivity contribution in [2.75, 3.05) is 32.7 Å². The lowest BCUT2D eigenvalue weighted by Gasteiger charge is -2.39. The average Bonchev–Trinajstić information content (AvgIpc) is 3.13. The van der Waals surface area contributed by atoms with Gasteiger partial charge in [0.15, 0.2) is 0 Å². The van der Waals surface area contributed by atoms with E-state index in [1.165, 1.54) is 23.5 Å². The Morgan fingerprint density at radius 1 is 1.24 bits per heavy atom. The van der Waals surface area contributed by atoms with Gasteiger partial charge in [-0.2, -0.15) is 0 Å². The number of hydrogen-bond acceptors (Lipinski definition) is 5. The predicted molar refractivity (Wildman–Crippen MR) is 116 cm³/mol. The number of rotatable bonds is 6. The Morgan fingerprint density at radius 3 is 2.52 bits per heavy atom. The van der Waals surface area contributed by atoms with Crippen molar-refractivity contribution in [3.63, 3.8) is 0 Å². The predicted octanol–water partition coefficient (Wildman–Crippen LogP) is 3.68. The van der Waals surface area contributed by atoms with Crippen LogP contribution in [0.1, 0.15) is 40.4 Å². The first kappa shape index (κ1) is 25.7. The number of benzene rings is 1. The van der Waals surface area contributed by atoms with Crippen molar-refractivity contribution in [1.82, 2.24) is 14.8 Å². The van der Waals surface area contributed by atoms with Gasteiger partial charge in [0.25, 0.3) is 5.91 Å². The number of carbonyl (C=O) groups excluding carboxylic acids is 1. The maximum Gasteiger partial charge on any atom is 0.273 e. The molecule has 3 rings (SSSR count). The number of aromatic nitrogens is 1. The van der Waals surface area contributed by atoms with E-state index in [1.807, 2.05) is 6.92 Å². The Balaban J connectivity index is 0.00000210. The van der Waals surface area contributed by atoms with Gasteiger partial charge < -0.3 is 10.6 Å². The Bertz CT molecular complexity index is 800. The molecule has 1 saturated heterocycles. The largest absolute Gasteiger partial charge is 0.335 e. The highest BCUT2D eigenvalue weighted by Crippen LogP contribution is 2.28. The molecule has 162 valence electrons. The van der Waals surface area contributed by atoms with E-state index in [-0.39, 0.29) is 36.8 Å². The van der Waals surface area contributed by atoms with Crippen LogP contribution in [0, 0.1) is 11.6 Å². The number of thiazole rings is 1. The molecule has 1 aromatic carbocycles. The van der Waals surface area contributed by atoms with Crippen LogP contribution < -0.4 is 5.73 Å². The van der Waals surface area contributed by atoms with Crippen LogP contribution in [0.2, 0.25) is 0 Å². The second-order valence-electron chi connectivity index (χ2n) is 6.58. The lowest BCUT2D eigenvalue weighted by molar-refractivity contribution is 0.0554. The van der Waals surface area contributed by atoms with Crippen LogP contribution in [0.5, 0.6) is 0 Å². The van der Waals surface area contributed by atoms with Gasteiger partial charge in [-0.15, -0.1) is 36.2 Å². The molecule has 2 N–H and O–H groups in total. The zero-order valence-corrected chi connectivity index (χ0v) is 18.6. The summed E-state index contributed by atoms with van der Waals surface area (Å²) in [7, 11) is 0. The van der Waals surface area contributed by atoms with Gasteiger partial charge in [0.2, 0.25) is 0 Å². The second-order valence-corrected chi connectivity index (χ2v) is 7.53. The number of hydrogen-bond donors (Lipinski definition) is 1. The van der Waals surface area contributed by atoms with Crippen LogP contribution >= 0.6 is 36.2 Å². The maximum atomic E-state index is 14.2. The third-order valence-electron chi connectivity index (χ3n) is 4.88. The molecule has 1 atom stereocenters. The van der Waals surface area contributed by atoms with Crippen molar-refractivity contribution in [1.29, 1.82) is 0 Å². The molecular weight excluding hydrogens is 441 g/mol. The smallest absolute Gasteiger partial charge is 0.273 e. The highest BCUT2D eigenvalue weighted by molar-refractivity contribution is 7.09. The van der Waals surface area contributed by atoms with E-state index in [0.29, 0.717) is 56.8 Å². The molecule has 10 heteroatoms. The summed E-state index contributed by atoms with van der Waals surface area (Å²) < 4.78 is 27.4. The average molecular weight is 467 g/mol. The van der Waals surface area contributed by atoms with Gasteiger partial charge in [-0.25, -0.2) is 13.8 Å². The molecular formula is C19H26Cl2F2N4OS. The zero-order chi connectivity index (χ0) is 19.4. The first-order valence-electron chi connectivity index (χ1n) is 9.16. The molecule has 0 aliphatic carbocycles. The van der Waals surface area contributed by atoms with Crippen molar-refractivity contribution in [2.24, 2.45) is 5.73 Å². The van der Waals surface area contributed by atoms with E-state index in [0.717, 1.165) is 11.1 Å². The second kappa shape index (κ2) is 11.8. The Morgan fingerprint density at radius 2 is 1.93 bits per heavy atom. The van der Waals surface area contributed by atoms with Crippen molar-refractivity contribution >= 4 is 42.1 Å². The van der Waals surface area contributed by atoms with Crippen LogP contribution in [0.25, 0.3) is 0 Å². The Labute approximate surface area is 186 Å². The van der Waals surface area contributed by atoms with Crippen molar-refractivity contribution in [3.05, 3.63) is 51.5 Å². The number of nitrogens with two attached hydrogens (primary N) is 1. The molecule has 1 aliphatic rings. The van der Waals surface area contributed by atoms with E-state index < -0.39 is 11.6 Å². The zero-order valence-electron chi connectivity index (χ0n) is 16.1. The fraction of sp³-hybridized carbons (Fsp3) is 0.474. The monoisotopic (exact) mass is 466 g/mol. The molecule has 0 spiro atoms. The summed E-state index contributed by atoms with van der Waals surface area (Å²) >= 11 is 1.45. The molecule has 29 heavy (non-hydrogen) atoms. The summed E-state index contributed by atoms with van der Waals surface area (Å²) in [4.78, 5) is 20.9. The number of halogens is 4. The van der Waals surface area contributed by atoms with Crippen molar-refractivity contribution < 1.29 is 13.6 Å². The summed E-state index contributed by atoms with van der Waals surface area (Å²) in [5.41, 5.74) is 6.50. The molecule has 0 saturated carbocycles. The van der Waals surface area contributed by atoms with Gasteiger partial charge >= 0.3 is 0 Å². The molecule has 1 aliphatic heterocycles. The summed E-state index contributed by atoms with van der Waals surface area (Å²) in [6.45, 7) is 4.89. The van der Waals surface area contributed by atoms with Gasteiger partial charge in [-0.05, 0) is 19.0 Å². The molecule has 2 aromatic rings. The van der Waals surface area contributed by atoms with Gasteiger partial charge in [-0.3, -0.25) is 9.69 Å². The number of nitrogens with zero attached hydrogens (tertiary/aromatic N) is 3. The van der Waals surface area contributed by atoms with Crippen LogP contribution in [0.4, 0.5) is 8.78 Å². The topological polar surface area (TPSA) is 62.5 Å². The summed E-state index contributed by atoms with van der Waals surface area (Å²) in [5.74, 6) is -1.16. The highest BCUT2D eigenvalue weighted by atomic mass is 35.5. The third-order valence-corrected chi connectivity index (χ3v) is 5.79. The number of carbonyl (C=O) groups is 1. The maximum absolute atomic E-state index is 14.2. The molecule has 1 aromatic heterocycles. The van der Waals surface area contributed by atoms with Crippen LogP contribution in [-0.4, -0.2) is 53.4 Å². The van der Waals surface area contributed by atoms with Gasteiger partial charge in [0.1, 0.15) is 17.3 Å². The normalized spacial score (nSPS) is 15.4. The minimum Gasteiger partial charge on any atom is -0.335 e. The van der Waals surface area contributed by atoms with E-state index in [4.69, 9.17) is 5.73 Å². The standard InChI is InChI=1S/C19H24F2N4OS.2ClH/c1-2-17(14-4-3-13(20)11-15(14)21)24-7-9-25(10-8-24)19(26)16-12-27-18(23-16)5-6-22;;/h3-4,11-12,17H,2,5-10,22H2,1H3;2*1H. The SMILES string of the molecule is CCC(c1ccc(F)cc1F)N1CCN(C(=O)c2csc(CCN)n2)CC1.Cl.Cl. The molecule has 0 radical (unpaired) electrons. The molecule has 2 heterocycles. The minimum absolute atomic E-state index is 0. The number of piperazine rings is 1. The fourth-order valence-corrected chi connectivity index (χ4v) is 4.28. The quantitative estimate of drug-likeness (QED) is 0.705. The summed E-state index contributed by atoms with van der Waals surface area (Å²) in [5, 5.41) is 2.65. The molecule has 1 fully saturated rings. The lowest BCUT2D eigenvalue weighted by Crippen LogP contribution is -2.49. The first-order valence-corrected chi connectivity index (χ1v) is 10.0.